The monoisotopic (exact) mass is 396 g/mol. The van der Waals surface area contributed by atoms with Crippen molar-refractivity contribution in [3.8, 4) is 11.3 Å². The third kappa shape index (κ3) is 3.92. The average Bonchev–Trinajstić information content (AvgIpc) is 2.51. The van der Waals surface area contributed by atoms with E-state index < -0.39 is 29.0 Å². The number of rotatable bonds is 3. The summed E-state index contributed by atoms with van der Waals surface area (Å²) in [6, 6.07) is 2.22. The molecule has 1 aromatic heterocycles. The average molecular weight is 397 g/mol. The summed E-state index contributed by atoms with van der Waals surface area (Å²) in [6.07, 6.45) is -4.39. The Balaban J connectivity index is 2.69. The summed E-state index contributed by atoms with van der Waals surface area (Å²) in [6.45, 7) is 1.47. The van der Waals surface area contributed by atoms with Gasteiger partial charge in [0.1, 0.15) is 10.8 Å². The highest BCUT2D eigenvalue weighted by Gasteiger charge is 2.28. The van der Waals surface area contributed by atoms with Gasteiger partial charge < -0.3 is 0 Å². The Morgan fingerprint density at radius 3 is 2.32 bits per heavy atom. The van der Waals surface area contributed by atoms with Gasteiger partial charge >= 0.3 is 11.9 Å². The largest absolute Gasteiger partial charge is 0.398 e. The molecule has 0 saturated carbocycles. The van der Waals surface area contributed by atoms with Crippen LogP contribution in [0, 0.1) is 12.7 Å². The molecular weight excluding hydrogens is 384 g/mol. The van der Waals surface area contributed by atoms with Crippen molar-refractivity contribution < 1.29 is 17.6 Å². The molecule has 136 valence electrons. The van der Waals surface area contributed by atoms with Crippen molar-refractivity contribution >= 4 is 23.4 Å². The number of nitrogens with zero attached hydrogens (tertiary/aromatic N) is 2. The summed E-state index contributed by atoms with van der Waals surface area (Å²) in [5.41, 5.74) is -1.63. The van der Waals surface area contributed by atoms with Crippen LogP contribution in [0.25, 0.3) is 11.3 Å². The van der Waals surface area contributed by atoms with E-state index >= 15 is 0 Å². The number of hydrogen-bond donors (Lipinski definition) is 0. The predicted molar refractivity (Wildman–Crippen MR) is 88.8 cm³/mol. The van der Waals surface area contributed by atoms with E-state index in [1.165, 1.54) is 27.1 Å². The van der Waals surface area contributed by atoms with Gasteiger partial charge in [0.15, 0.2) is 0 Å². The van der Waals surface area contributed by atoms with Crippen molar-refractivity contribution in [1.82, 2.24) is 9.13 Å². The molecule has 0 saturated heterocycles. The second-order valence-electron chi connectivity index (χ2n) is 5.37. The van der Waals surface area contributed by atoms with E-state index in [9.17, 15) is 27.2 Å². The Kier molecular flexibility index (Phi) is 5.38. The van der Waals surface area contributed by atoms with Crippen LogP contribution in [0.2, 0.25) is 5.02 Å². The molecule has 0 bridgehead atoms. The highest BCUT2D eigenvalue weighted by atomic mass is 35.5. The highest BCUT2D eigenvalue weighted by molar-refractivity contribution is 7.99. The lowest BCUT2D eigenvalue weighted by Crippen LogP contribution is -2.38. The van der Waals surface area contributed by atoms with Crippen LogP contribution in [0.15, 0.2) is 26.6 Å². The Labute approximate surface area is 149 Å². The van der Waals surface area contributed by atoms with E-state index in [1.54, 1.807) is 0 Å². The lowest BCUT2D eigenvalue weighted by molar-refractivity contribution is -0.105. The van der Waals surface area contributed by atoms with Crippen molar-refractivity contribution in [3.63, 3.8) is 0 Å². The Morgan fingerprint density at radius 1 is 1.16 bits per heavy atom. The van der Waals surface area contributed by atoms with Crippen LogP contribution >= 0.6 is 23.4 Å². The van der Waals surface area contributed by atoms with E-state index in [4.69, 9.17) is 11.6 Å². The first-order valence-corrected chi connectivity index (χ1v) is 8.26. The maximum atomic E-state index is 14.4. The summed E-state index contributed by atoms with van der Waals surface area (Å²) < 4.78 is 53.5. The van der Waals surface area contributed by atoms with E-state index in [0.29, 0.717) is 17.3 Å². The van der Waals surface area contributed by atoms with Gasteiger partial charge in [-0.15, -0.1) is 11.8 Å². The predicted octanol–water partition coefficient (Wildman–Crippen LogP) is 3.51. The van der Waals surface area contributed by atoms with Gasteiger partial charge in [0.05, 0.1) is 11.4 Å². The zero-order valence-corrected chi connectivity index (χ0v) is 14.9. The van der Waals surface area contributed by atoms with E-state index in [2.05, 4.69) is 0 Å². The zero-order chi connectivity index (χ0) is 19.1. The van der Waals surface area contributed by atoms with Gasteiger partial charge in [-0.2, -0.15) is 13.2 Å². The fourth-order valence-corrected chi connectivity index (χ4v) is 3.41. The minimum Gasteiger partial charge on any atom is -0.295 e. The SMILES string of the molecule is Cc1cc(F)c(-c2c(Cl)c(=O)n(C)c(=O)n2C)cc1SCC(F)(F)F. The summed E-state index contributed by atoms with van der Waals surface area (Å²) >= 11 is 6.47. The first kappa shape index (κ1) is 19.6. The van der Waals surface area contributed by atoms with Crippen LogP contribution in [-0.2, 0) is 14.1 Å². The highest BCUT2D eigenvalue weighted by Crippen LogP contribution is 2.35. The molecule has 1 aromatic carbocycles. The molecule has 2 rings (SSSR count). The number of thioether (sulfide) groups is 1. The molecule has 0 atom stereocenters. The second kappa shape index (κ2) is 6.87. The number of benzene rings is 1. The standard InChI is InChI=1S/C15H13ClF4N2O2S/c1-7-4-9(17)8(5-10(7)25-6-15(18,19)20)12-11(16)13(23)22(3)14(24)21(12)2/h4-5H,6H2,1-3H3. The third-order valence-electron chi connectivity index (χ3n) is 3.52. The first-order chi connectivity index (χ1) is 11.4. The molecule has 0 fully saturated rings. The molecule has 0 spiro atoms. The van der Waals surface area contributed by atoms with Gasteiger partial charge in [-0.1, -0.05) is 11.6 Å². The van der Waals surface area contributed by atoms with Crippen LogP contribution in [0.3, 0.4) is 0 Å². The lowest BCUT2D eigenvalue weighted by Gasteiger charge is -2.15. The molecule has 0 unspecified atom stereocenters. The molecule has 0 radical (unpaired) electrons. The maximum absolute atomic E-state index is 14.4. The van der Waals surface area contributed by atoms with Gasteiger partial charge in [0.2, 0.25) is 0 Å². The molecule has 1 heterocycles. The van der Waals surface area contributed by atoms with E-state index in [-0.39, 0.29) is 21.2 Å². The number of hydrogen-bond acceptors (Lipinski definition) is 3. The number of aromatic nitrogens is 2. The molecule has 2 aromatic rings. The molecule has 0 N–H and O–H groups in total. The molecule has 0 aliphatic carbocycles. The van der Waals surface area contributed by atoms with Gasteiger partial charge in [-0.05, 0) is 24.6 Å². The van der Waals surface area contributed by atoms with Crippen molar-refractivity contribution in [2.45, 2.75) is 18.0 Å². The van der Waals surface area contributed by atoms with E-state index in [1.807, 2.05) is 0 Å². The molecule has 0 amide bonds. The van der Waals surface area contributed by atoms with E-state index in [0.717, 1.165) is 15.2 Å². The van der Waals surface area contributed by atoms with Crippen LogP contribution < -0.4 is 11.2 Å². The van der Waals surface area contributed by atoms with Gasteiger partial charge in [0.25, 0.3) is 5.56 Å². The van der Waals surface area contributed by atoms with Gasteiger partial charge in [0, 0.05) is 24.6 Å². The molecule has 0 aliphatic heterocycles. The lowest BCUT2D eigenvalue weighted by atomic mass is 10.1. The minimum absolute atomic E-state index is 0.179. The third-order valence-corrected chi connectivity index (χ3v) is 5.08. The van der Waals surface area contributed by atoms with Crippen molar-refractivity contribution in [3.05, 3.63) is 49.4 Å². The fraction of sp³-hybridized carbons (Fsp3) is 0.333. The summed E-state index contributed by atoms with van der Waals surface area (Å²) in [5, 5.41) is -0.390. The van der Waals surface area contributed by atoms with Crippen molar-refractivity contribution in [1.29, 1.82) is 0 Å². The molecule has 0 aliphatic rings. The molecular formula is C15H13ClF4N2O2S. The smallest absolute Gasteiger partial charge is 0.295 e. The number of halogens is 5. The van der Waals surface area contributed by atoms with Crippen LogP contribution in [0.5, 0.6) is 0 Å². The Hall–Kier alpha value is -1.74. The number of aryl methyl sites for hydroxylation is 1. The topological polar surface area (TPSA) is 44.0 Å². The molecule has 25 heavy (non-hydrogen) atoms. The fourth-order valence-electron chi connectivity index (χ4n) is 2.25. The Bertz CT molecular complexity index is 913. The zero-order valence-electron chi connectivity index (χ0n) is 13.4. The van der Waals surface area contributed by atoms with Crippen molar-refractivity contribution in [2.24, 2.45) is 14.1 Å². The van der Waals surface area contributed by atoms with Crippen LogP contribution in [-0.4, -0.2) is 21.1 Å². The van der Waals surface area contributed by atoms with Gasteiger partial charge in [-0.25, -0.2) is 9.18 Å². The van der Waals surface area contributed by atoms with Crippen LogP contribution in [0.1, 0.15) is 5.56 Å². The summed E-state index contributed by atoms with van der Waals surface area (Å²) in [7, 11) is 2.52. The Morgan fingerprint density at radius 2 is 1.76 bits per heavy atom. The number of alkyl halides is 3. The minimum atomic E-state index is -4.39. The molecule has 4 nitrogen and oxygen atoms in total. The normalized spacial score (nSPS) is 11.8. The second-order valence-corrected chi connectivity index (χ2v) is 6.76. The van der Waals surface area contributed by atoms with Crippen molar-refractivity contribution in [2.75, 3.05) is 5.75 Å². The van der Waals surface area contributed by atoms with Gasteiger partial charge in [-0.3, -0.25) is 13.9 Å². The summed E-state index contributed by atoms with van der Waals surface area (Å²) in [4.78, 5) is 24.2. The first-order valence-electron chi connectivity index (χ1n) is 6.89. The summed E-state index contributed by atoms with van der Waals surface area (Å²) in [5.74, 6) is -1.94. The quantitative estimate of drug-likeness (QED) is 0.589. The molecule has 10 heteroatoms. The maximum Gasteiger partial charge on any atom is 0.398 e. The van der Waals surface area contributed by atoms with Crippen LogP contribution in [0.4, 0.5) is 17.6 Å².